The van der Waals surface area contributed by atoms with Crippen LogP contribution in [0.3, 0.4) is 0 Å². The monoisotopic (exact) mass is 402 g/mol. The Morgan fingerprint density at radius 3 is 2.29 bits per heavy atom. The van der Waals surface area contributed by atoms with Gasteiger partial charge in [0, 0.05) is 23.7 Å². The number of hydrogen-bond acceptors (Lipinski definition) is 3. The number of carbonyl (C=O) groups excluding carboxylic acids is 1. The van der Waals surface area contributed by atoms with E-state index in [1.165, 1.54) is 38.4 Å². The minimum absolute atomic E-state index is 0.0881. The molecule has 1 unspecified atom stereocenters. The van der Waals surface area contributed by atoms with Crippen LogP contribution in [0, 0.1) is 13.8 Å². The maximum Gasteiger partial charge on any atom is 0.253 e. The zero-order valence-electron chi connectivity index (χ0n) is 17.2. The molecule has 0 aliphatic heterocycles. The molecule has 1 fully saturated rings. The fraction of sp³-hybridized carbons (Fsp3) is 0.500. The molecule has 1 atom stereocenters. The number of nitrogens with one attached hydrogen (secondary N) is 1. The first kappa shape index (κ1) is 20.6. The van der Waals surface area contributed by atoms with Gasteiger partial charge in [0.25, 0.3) is 5.91 Å². The summed E-state index contributed by atoms with van der Waals surface area (Å²) in [6.07, 6.45) is 7.36. The van der Waals surface area contributed by atoms with Gasteiger partial charge < -0.3 is 9.88 Å². The largest absolute Gasteiger partial charge is 0.345 e. The Morgan fingerprint density at radius 1 is 1.11 bits per heavy atom. The van der Waals surface area contributed by atoms with Crippen molar-refractivity contribution in [2.75, 3.05) is 6.26 Å². The Morgan fingerprint density at radius 2 is 1.71 bits per heavy atom. The third-order valence-corrected chi connectivity index (χ3v) is 6.95. The summed E-state index contributed by atoms with van der Waals surface area (Å²) in [5, 5.41) is 3.05. The Kier molecular flexibility index (Phi) is 5.98. The zero-order valence-corrected chi connectivity index (χ0v) is 18.0. The Balaban J connectivity index is 1.75. The van der Waals surface area contributed by atoms with Crippen molar-refractivity contribution in [3.63, 3.8) is 0 Å². The molecule has 28 heavy (non-hydrogen) atoms. The molecule has 1 saturated carbocycles. The smallest absolute Gasteiger partial charge is 0.253 e. The van der Waals surface area contributed by atoms with Crippen LogP contribution < -0.4 is 5.32 Å². The summed E-state index contributed by atoms with van der Waals surface area (Å²) in [6.45, 7) is 6.02. The van der Waals surface area contributed by atoms with Crippen molar-refractivity contribution in [1.29, 1.82) is 0 Å². The van der Waals surface area contributed by atoms with Crippen molar-refractivity contribution >= 4 is 15.7 Å². The van der Waals surface area contributed by atoms with Crippen molar-refractivity contribution in [1.82, 2.24) is 9.88 Å². The van der Waals surface area contributed by atoms with E-state index in [4.69, 9.17) is 0 Å². The summed E-state index contributed by atoms with van der Waals surface area (Å²) in [5.41, 5.74) is 3.77. The average Bonchev–Trinajstić information content (AvgIpc) is 2.96. The summed E-state index contributed by atoms with van der Waals surface area (Å²) >= 11 is 0. The van der Waals surface area contributed by atoms with Gasteiger partial charge in [-0.2, -0.15) is 0 Å². The zero-order chi connectivity index (χ0) is 20.5. The first-order chi connectivity index (χ1) is 13.2. The van der Waals surface area contributed by atoms with Crippen LogP contribution in [0.25, 0.3) is 0 Å². The highest BCUT2D eigenvalue weighted by Gasteiger charge is 2.23. The first-order valence-corrected chi connectivity index (χ1v) is 11.9. The van der Waals surface area contributed by atoms with E-state index in [2.05, 4.69) is 16.8 Å². The summed E-state index contributed by atoms with van der Waals surface area (Å²) in [7, 11) is -3.22. The second kappa shape index (κ2) is 8.11. The number of hydrogen-bond donors (Lipinski definition) is 1. The molecule has 2 aromatic rings. The topological polar surface area (TPSA) is 68.2 Å². The van der Waals surface area contributed by atoms with Gasteiger partial charge in [-0.3, -0.25) is 4.79 Å². The van der Waals surface area contributed by atoms with Gasteiger partial charge in [-0.25, -0.2) is 8.42 Å². The van der Waals surface area contributed by atoms with Crippen molar-refractivity contribution < 1.29 is 13.2 Å². The van der Waals surface area contributed by atoms with Gasteiger partial charge in [0.1, 0.15) is 0 Å². The highest BCUT2D eigenvalue weighted by Crippen LogP contribution is 2.32. The van der Waals surface area contributed by atoms with Crippen molar-refractivity contribution in [2.24, 2.45) is 0 Å². The third-order valence-electron chi connectivity index (χ3n) is 5.82. The number of nitrogens with zero attached hydrogens (tertiary/aromatic N) is 1. The molecule has 1 aromatic carbocycles. The normalized spacial score (nSPS) is 16.7. The van der Waals surface area contributed by atoms with E-state index in [1.807, 2.05) is 19.9 Å². The summed E-state index contributed by atoms with van der Waals surface area (Å²) in [4.78, 5) is 13.2. The van der Waals surface area contributed by atoms with Crippen LogP contribution in [-0.4, -0.2) is 25.1 Å². The quantitative estimate of drug-likeness (QED) is 0.800. The molecule has 5 nitrogen and oxygen atoms in total. The molecule has 0 saturated heterocycles. The summed E-state index contributed by atoms with van der Waals surface area (Å²) < 4.78 is 25.5. The molecule has 152 valence electrons. The van der Waals surface area contributed by atoms with E-state index in [1.54, 1.807) is 24.3 Å². The van der Waals surface area contributed by atoms with Crippen LogP contribution in [0.1, 0.15) is 78.4 Å². The molecule has 1 aliphatic carbocycles. The SMILES string of the molecule is Cc1cc(C(=O)NC(C)c2ccc(S(C)(=O)=O)cc2)c(C)n1C1CCCCC1. The maximum absolute atomic E-state index is 12.9. The highest BCUT2D eigenvalue weighted by molar-refractivity contribution is 7.90. The lowest BCUT2D eigenvalue weighted by Crippen LogP contribution is -2.27. The molecule has 1 N–H and O–H groups in total. The van der Waals surface area contributed by atoms with E-state index in [-0.39, 0.29) is 16.8 Å². The molecular weight excluding hydrogens is 372 g/mol. The third kappa shape index (κ3) is 4.32. The lowest BCUT2D eigenvalue weighted by atomic mass is 9.95. The molecule has 0 bridgehead atoms. The number of sulfone groups is 1. The maximum atomic E-state index is 12.9. The van der Waals surface area contributed by atoms with E-state index >= 15 is 0 Å². The van der Waals surface area contributed by atoms with Gasteiger partial charge in [-0.1, -0.05) is 31.4 Å². The first-order valence-electron chi connectivity index (χ1n) is 9.98. The minimum atomic E-state index is -3.22. The standard InChI is InChI=1S/C22H30N2O3S/c1-15-14-21(17(3)24(15)19-8-6-5-7-9-19)22(25)23-16(2)18-10-12-20(13-11-18)28(4,26)27/h10-14,16,19H,5-9H2,1-4H3,(H,23,25). The highest BCUT2D eigenvalue weighted by atomic mass is 32.2. The number of aromatic nitrogens is 1. The van der Waals surface area contributed by atoms with Gasteiger partial charge in [-0.15, -0.1) is 0 Å². The number of rotatable bonds is 5. The lowest BCUT2D eigenvalue weighted by molar-refractivity contribution is 0.0939. The predicted molar refractivity (Wildman–Crippen MR) is 111 cm³/mol. The summed E-state index contributed by atoms with van der Waals surface area (Å²) in [6, 6.07) is 8.96. The fourth-order valence-electron chi connectivity index (χ4n) is 4.27. The Hall–Kier alpha value is -2.08. The molecule has 3 rings (SSSR count). The molecule has 1 aromatic heterocycles. The van der Waals surface area contributed by atoms with E-state index in [0.29, 0.717) is 6.04 Å². The second-order valence-electron chi connectivity index (χ2n) is 7.98. The van der Waals surface area contributed by atoms with E-state index in [9.17, 15) is 13.2 Å². The van der Waals surface area contributed by atoms with Crippen molar-refractivity contribution in [3.05, 3.63) is 52.8 Å². The van der Waals surface area contributed by atoms with Gasteiger partial charge in [-0.05, 0) is 57.4 Å². The van der Waals surface area contributed by atoms with Crippen molar-refractivity contribution in [2.45, 2.75) is 69.9 Å². The van der Waals surface area contributed by atoms with Gasteiger partial charge in [0.2, 0.25) is 0 Å². The number of benzene rings is 1. The van der Waals surface area contributed by atoms with Crippen molar-refractivity contribution in [3.8, 4) is 0 Å². The van der Waals surface area contributed by atoms with Gasteiger partial charge in [0.15, 0.2) is 9.84 Å². The van der Waals surface area contributed by atoms with Gasteiger partial charge >= 0.3 is 0 Å². The predicted octanol–water partition coefficient (Wildman–Crippen LogP) is 4.50. The van der Waals surface area contributed by atoms with E-state index < -0.39 is 9.84 Å². The number of amides is 1. The van der Waals surface area contributed by atoms with Crippen LogP contribution in [0.4, 0.5) is 0 Å². The number of carbonyl (C=O) groups is 1. The number of aryl methyl sites for hydroxylation is 1. The average molecular weight is 403 g/mol. The Bertz CT molecular complexity index is 952. The molecule has 1 amide bonds. The molecular formula is C22H30N2O3S. The minimum Gasteiger partial charge on any atom is -0.345 e. The fourth-order valence-corrected chi connectivity index (χ4v) is 4.90. The molecule has 1 aliphatic rings. The van der Waals surface area contributed by atoms with Crippen LogP contribution >= 0.6 is 0 Å². The van der Waals surface area contributed by atoms with Crippen LogP contribution in [0.5, 0.6) is 0 Å². The Labute approximate surface area is 168 Å². The van der Waals surface area contributed by atoms with E-state index in [0.717, 1.165) is 22.5 Å². The molecule has 0 radical (unpaired) electrons. The van der Waals surface area contributed by atoms with Gasteiger partial charge in [0.05, 0.1) is 16.5 Å². The van der Waals surface area contributed by atoms with Crippen LogP contribution in [0.15, 0.2) is 35.2 Å². The lowest BCUT2D eigenvalue weighted by Gasteiger charge is -2.26. The summed E-state index contributed by atoms with van der Waals surface area (Å²) in [5.74, 6) is -0.0881. The second-order valence-corrected chi connectivity index (χ2v) is 10.00. The molecule has 1 heterocycles. The molecule has 0 spiro atoms. The van der Waals surface area contributed by atoms with Crippen LogP contribution in [0.2, 0.25) is 0 Å². The van der Waals surface area contributed by atoms with Crippen LogP contribution in [-0.2, 0) is 9.84 Å². The molecule has 6 heteroatoms.